The van der Waals surface area contributed by atoms with Gasteiger partial charge >= 0.3 is 0 Å². The topological polar surface area (TPSA) is 23.4 Å². The van der Waals surface area contributed by atoms with E-state index in [0.717, 1.165) is 25.0 Å². The lowest BCUT2D eigenvalue weighted by Crippen LogP contribution is -2.30. The zero-order valence-corrected chi connectivity index (χ0v) is 19.2. The van der Waals surface area contributed by atoms with Gasteiger partial charge in [-0.2, -0.15) is 0 Å². The highest BCUT2D eigenvalue weighted by atomic mass is 16.7. The number of ether oxygens (including phenoxy) is 2. The number of para-hydroxylation sites is 2. The van der Waals surface area contributed by atoms with Gasteiger partial charge in [0.1, 0.15) is 5.75 Å². The molecule has 166 valence electrons. The molecule has 3 heteroatoms. The zero-order valence-electron chi connectivity index (χ0n) is 19.2. The van der Waals surface area contributed by atoms with E-state index in [0.29, 0.717) is 12.5 Å². The lowest BCUT2D eigenvalue weighted by Gasteiger charge is -2.25. The van der Waals surface area contributed by atoms with E-state index < -0.39 is 0 Å². The van der Waals surface area contributed by atoms with Crippen molar-refractivity contribution in [2.45, 2.75) is 70.8 Å². The van der Waals surface area contributed by atoms with Gasteiger partial charge in [0.2, 0.25) is 6.29 Å². The molecule has 1 aliphatic carbocycles. The van der Waals surface area contributed by atoms with E-state index in [9.17, 15) is 0 Å². The van der Waals surface area contributed by atoms with E-state index in [4.69, 9.17) is 9.47 Å². The van der Waals surface area contributed by atoms with E-state index in [1.165, 1.54) is 40.2 Å². The van der Waals surface area contributed by atoms with Crippen molar-refractivity contribution in [1.29, 1.82) is 0 Å². The largest absolute Gasteiger partial charge is 0.463 e. The molecule has 3 aromatic carbocycles. The molecule has 0 saturated heterocycles. The molecule has 5 rings (SSSR count). The summed E-state index contributed by atoms with van der Waals surface area (Å²) in [6.07, 6.45) is 5.84. The smallest absolute Gasteiger partial charge is 0.218 e. The fourth-order valence-corrected chi connectivity index (χ4v) is 4.96. The molecule has 2 atom stereocenters. The Morgan fingerprint density at radius 3 is 2.03 bits per heavy atom. The maximum atomic E-state index is 6.54. The first-order valence-electron chi connectivity index (χ1n) is 12.1. The van der Waals surface area contributed by atoms with Crippen molar-refractivity contribution in [3.8, 4) is 5.75 Å². The van der Waals surface area contributed by atoms with Gasteiger partial charge in [0.05, 0.1) is 12.6 Å². The highest BCUT2D eigenvalue weighted by molar-refractivity contribution is 6.07. The molecular formula is C29H33NO2. The number of aromatic nitrogens is 1. The van der Waals surface area contributed by atoms with Crippen molar-refractivity contribution in [3.05, 3.63) is 78.4 Å². The van der Waals surface area contributed by atoms with E-state index in [2.05, 4.69) is 91.2 Å². The van der Waals surface area contributed by atoms with Crippen molar-refractivity contribution in [3.63, 3.8) is 0 Å². The van der Waals surface area contributed by atoms with E-state index in [1.54, 1.807) is 0 Å². The molecule has 0 bridgehead atoms. The SMILES string of the molecule is CCC(C)c1ccc(OC(Cn2c3ccccc3c3ccccc32)OC2CCCC2)cc1. The minimum Gasteiger partial charge on any atom is -0.463 e. The molecule has 32 heavy (non-hydrogen) atoms. The van der Waals surface area contributed by atoms with E-state index >= 15 is 0 Å². The summed E-state index contributed by atoms with van der Waals surface area (Å²) in [5.41, 5.74) is 3.81. The third kappa shape index (κ3) is 4.27. The first-order valence-corrected chi connectivity index (χ1v) is 12.1. The Bertz CT molecular complexity index is 1120. The maximum Gasteiger partial charge on any atom is 0.218 e. The fraction of sp³-hybridized carbons (Fsp3) is 0.379. The standard InChI is InChI=1S/C29H33NO2/c1-3-21(2)22-16-18-24(19-17-22)32-29(31-23-10-4-5-11-23)20-30-27-14-8-6-12-25(27)26-13-7-9-15-28(26)30/h6-9,12-19,21,23,29H,3-5,10-11,20H2,1-2H3. The monoisotopic (exact) mass is 427 g/mol. The summed E-state index contributed by atoms with van der Waals surface area (Å²) >= 11 is 0. The van der Waals surface area contributed by atoms with Crippen LogP contribution < -0.4 is 4.74 Å². The molecule has 1 aromatic heterocycles. The van der Waals surface area contributed by atoms with Gasteiger partial charge in [0, 0.05) is 21.8 Å². The Balaban J connectivity index is 1.46. The molecule has 0 aliphatic heterocycles. The van der Waals surface area contributed by atoms with Crippen LogP contribution in [0.1, 0.15) is 57.4 Å². The lowest BCUT2D eigenvalue weighted by molar-refractivity contribution is -0.123. The van der Waals surface area contributed by atoms with Gasteiger partial charge in [0.15, 0.2) is 0 Å². The second-order valence-corrected chi connectivity index (χ2v) is 9.11. The summed E-state index contributed by atoms with van der Waals surface area (Å²) in [5.74, 6) is 1.44. The highest BCUT2D eigenvalue weighted by Crippen LogP contribution is 2.31. The van der Waals surface area contributed by atoms with Gasteiger partial charge in [-0.25, -0.2) is 0 Å². The molecule has 1 heterocycles. The molecule has 2 unspecified atom stereocenters. The van der Waals surface area contributed by atoms with E-state index in [-0.39, 0.29) is 12.4 Å². The second kappa shape index (κ2) is 9.38. The van der Waals surface area contributed by atoms with Crippen LogP contribution in [-0.2, 0) is 11.3 Å². The van der Waals surface area contributed by atoms with Crippen molar-refractivity contribution >= 4 is 21.8 Å². The van der Waals surface area contributed by atoms with Crippen LogP contribution in [0.5, 0.6) is 5.75 Å². The van der Waals surface area contributed by atoms with Gasteiger partial charge in [0.25, 0.3) is 0 Å². The van der Waals surface area contributed by atoms with Crippen molar-refractivity contribution < 1.29 is 9.47 Å². The van der Waals surface area contributed by atoms with Gasteiger partial charge in [-0.1, -0.05) is 75.2 Å². The van der Waals surface area contributed by atoms with Gasteiger partial charge in [-0.15, -0.1) is 0 Å². The Hall–Kier alpha value is -2.78. The molecule has 4 aromatic rings. The number of fused-ring (bicyclic) bond motifs is 3. The number of benzene rings is 3. The minimum absolute atomic E-state index is 0.285. The molecule has 0 amide bonds. The minimum atomic E-state index is -0.327. The number of hydrogen-bond acceptors (Lipinski definition) is 2. The number of rotatable bonds is 8. The summed E-state index contributed by atoms with van der Waals surface area (Å²) in [6.45, 7) is 5.16. The van der Waals surface area contributed by atoms with Gasteiger partial charge < -0.3 is 14.0 Å². The average molecular weight is 428 g/mol. The Morgan fingerprint density at radius 1 is 0.844 bits per heavy atom. The molecule has 1 saturated carbocycles. The van der Waals surface area contributed by atoms with Crippen molar-refractivity contribution in [2.75, 3.05) is 0 Å². The Kier molecular flexibility index (Phi) is 6.18. The quantitative estimate of drug-likeness (QED) is 0.269. The molecule has 3 nitrogen and oxygen atoms in total. The van der Waals surface area contributed by atoms with Crippen LogP contribution in [0.3, 0.4) is 0 Å². The van der Waals surface area contributed by atoms with Crippen LogP contribution in [0.2, 0.25) is 0 Å². The predicted octanol–water partition coefficient (Wildman–Crippen LogP) is 7.67. The number of hydrogen-bond donors (Lipinski definition) is 0. The predicted molar refractivity (Wildman–Crippen MR) is 132 cm³/mol. The van der Waals surface area contributed by atoms with Crippen LogP contribution in [0.25, 0.3) is 21.8 Å². The normalized spacial score (nSPS) is 16.6. The maximum absolute atomic E-state index is 6.54. The number of nitrogens with zero attached hydrogens (tertiary/aromatic N) is 1. The molecule has 1 fully saturated rings. The molecule has 0 radical (unpaired) electrons. The molecule has 0 spiro atoms. The van der Waals surface area contributed by atoms with Crippen LogP contribution in [0.15, 0.2) is 72.8 Å². The van der Waals surface area contributed by atoms with Crippen molar-refractivity contribution in [2.24, 2.45) is 0 Å². The average Bonchev–Trinajstić information content (AvgIpc) is 3.46. The molecular weight excluding hydrogens is 394 g/mol. The third-order valence-electron chi connectivity index (χ3n) is 6.99. The summed E-state index contributed by atoms with van der Waals surface area (Å²) < 4.78 is 15.4. The third-order valence-corrected chi connectivity index (χ3v) is 6.99. The summed E-state index contributed by atoms with van der Waals surface area (Å²) in [5, 5.41) is 2.56. The highest BCUT2D eigenvalue weighted by Gasteiger charge is 2.24. The summed E-state index contributed by atoms with van der Waals surface area (Å²) in [6, 6.07) is 25.8. The van der Waals surface area contributed by atoms with Gasteiger partial charge in [-0.3, -0.25) is 0 Å². The van der Waals surface area contributed by atoms with E-state index in [1.807, 2.05) is 0 Å². The fourth-order valence-electron chi connectivity index (χ4n) is 4.96. The Morgan fingerprint density at radius 2 is 1.44 bits per heavy atom. The van der Waals surface area contributed by atoms with Gasteiger partial charge in [-0.05, 0) is 55.0 Å². The summed E-state index contributed by atoms with van der Waals surface area (Å²) in [7, 11) is 0. The zero-order chi connectivity index (χ0) is 21.9. The molecule has 1 aliphatic rings. The van der Waals surface area contributed by atoms with Crippen LogP contribution in [-0.4, -0.2) is 17.0 Å². The first-order chi connectivity index (χ1) is 15.7. The first kappa shape index (κ1) is 21.1. The lowest BCUT2D eigenvalue weighted by atomic mass is 9.99. The summed E-state index contributed by atoms with van der Waals surface area (Å²) in [4.78, 5) is 0. The van der Waals surface area contributed by atoms with Crippen molar-refractivity contribution in [1.82, 2.24) is 4.57 Å². The van der Waals surface area contributed by atoms with Crippen LogP contribution >= 0.6 is 0 Å². The van der Waals surface area contributed by atoms with Crippen LogP contribution in [0, 0.1) is 0 Å². The Labute approximate surface area is 191 Å². The van der Waals surface area contributed by atoms with Crippen LogP contribution in [0.4, 0.5) is 0 Å². The molecule has 0 N–H and O–H groups in total. The second-order valence-electron chi connectivity index (χ2n) is 9.11.